The van der Waals surface area contributed by atoms with Crippen molar-refractivity contribution in [2.24, 2.45) is 0 Å². The Labute approximate surface area is 644 Å². The van der Waals surface area contributed by atoms with Gasteiger partial charge in [-0.15, -0.1) is 0 Å². The summed E-state index contributed by atoms with van der Waals surface area (Å²) in [4.78, 5) is 0.905. The summed E-state index contributed by atoms with van der Waals surface area (Å²) < 4.78 is 37.2. The van der Waals surface area contributed by atoms with E-state index in [1.807, 2.05) is 133 Å². The van der Waals surface area contributed by atoms with Gasteiger partial charge in [-0.3, -0.25) is 0 Å². The molecule has 0 atom stereocenters. The van der Waals surface area contributed by atoms with E-state index in [1.54, 1.807) is 74.0 Å². The Morgan fingerprint density at radius 2 is 0.519 bits per heavy atom. The smallest absolute Gasteiger partial charge is 0.243 e. The lowest BCUT2D eigenvalue weighted by Gasteiger charge is -2.40. The van der Waals surface area contributed by atoms with Gasteiger partial charge in [0.05, 0.1) is 15.2 Å². The summed E-state index contributed by atoms with van der Waals surface area (Å²) in [5.74, 6) is 0. The maximum Gasteiger partial charge on any atom is 0.243 e. The first kappa shape index (κ1) is 77.0. The number of hydrogen-bond donors (Lipinski definition) is 0. The SMILES string of the molecule is C.CC.CC.CC.CP(=O)(c1ccccc1)c1ccccc1.Cc1cc(C)cc(C)c1.O=S1(=O)c2ccccc2Cc2ccccc21.c1cc2c3c(c1)Cc1cccc4c1B3c1c(cccc1C4)C2.c1ccc2c(c1)Cc1ccccc1-2.c1ccc2c(c1)Cc1ccccc1C21c2ccccc2-c2ccccc21. The van der Waals surface area contributed by atoms with Gasteiger partial charge < -0.3 is 4.57 Å². The van der Waals surface area contributed by atoms with Crippen molar-refractivity contribution in [2.45, 2.75) is 123 Å². The Morgan fingerprint density at radius 1 is 0.278 bits per heavy atom. The molecule has 1 spiro atoms. The van der Waals surface area contributed by atoms with Crippen molar-refractivity contribution < 1.29 is 13.0 Å². The summed E-state index contributed by atoms with van der Waals surface area (Å²) in [6.45, 7) is 20.7. The lowest BCUT2D eigenvalue weighted by molar-refractivity contribution is 0.589. The second-order valence-corrected chi connectivity index (χ2v) is 32.7. The molecule has 0 bridgehead atoms. The van der Waals surface area contributed by atoms with E-state index in [9.17, 15) is 13.0 Å². The van der Waals surface area contributed by atoms with Gasteiger partial charge in [-0.05, 0) is 183 Å². The quantitative estimate of drug-likeness (QED) is 0.128. The summed E-state index contributed by atoms with van der Waals surface area (Å²) >= 11 is 0. The number of hydrogen-bond acceptors (Lipinski definition) is 3. The Kier molecular flexibility index (Phi) is 24.3. The standard InChI is InChI=1S/C26H18.C21H15B.C13H10O2S.C13H13OP.C13H10.C9H12.3C2H6.CH4/c1-5-13-22-18(9-1)17-19-10-2-6-14-23(19)26(22)24-15-7-3-11-20(24)21-12-4-8-16-25(21)26;1-4-13-10-15-6-2-8-17-12-18-9-3-7-16-11-14(5-1)19(13)22(20(15)17)21(16)18;14-16(15)12-7-3-1-5-10(12)9-11-6-2-4-8-13(11)16;1-15(14,12-8-4-2-5-9-12)13-10-6-3-7-11-13;1-3-7-12-10(5-1)9-11-6-2-4-8-13(11)12;1-7-4-8(2)6-9(3)5-7;3*1-2;/h1-16H,17H2;1-9H,10-12H2;1-8H,9H2;2-11H,1H3;1-8H,9H2;4-6H,1-3H3;3*1-2H3;1H4. The number of aryl methyl sites for hydroxylation is 3. The van der Waals surface area contributed by atoms with E-state index in [4.69, 9.17) is 0 Å². The fourth-order valence-corrected chi connectivity index (χ4v) is 20.8. The molecule has 14 aromatic rings. The van der Waals surface area contributed by atoms with Crippen LogP contribution in [0.2, 0.25) is 0 Å². The molecule has 540 valence electrons. The van der Waals surface area contributed by atoms with Gasteiger partial charge in [-0.2, -0.15) is 0 Å². The second-order valence-electron chi connectivity index (χ2n) is 27.9. The van der Waals surface area contributed by atoms with Gasteiger partial charge in [-0.25, -0.2) is 8.42 Å². The molecule has 7 aliphatic rings. The fraction of sp³-hybridized carbons (Fsp3) is 0.176. The maximum absolute atomic E-state index is 12.6. The van der Waals surface area contributed by atoms with Crippen molar-refractivity contribution in [1.29, 1.82) is 0 Å². The molecule has 0 amide bonds. The molecule has 21 rings (SSSR count). The highest BCUT2D eigenvalue weighted by atomic mass is 32.2. The highest BCUT2D eigenvalue weighted by molar-refractivity contribution is 7.91. The van der Waals surface area contributed by atoms with Crippen molar-refractivity contribution in [3.05, 3.63) is 433 Å². The van der Waals surface area contributed by atoms with Gasteiger partial charge in [0.1, 0.15) is 7.14 Å². The number of sulfone groups is 1. The highest BCUT2D eigenvalue weighted by Crippen LogP contribution is 2.59. The van der Waals surface area contributed by atoms with Crippen LogP contribution >= 0.6 is 7.14 Å². The maximum atomic E-state index is 12.6. The third-order valence-electron chi connectivity index (χ3n) is 21.5. The number of benzene rings is 14. The van der Waals surface area contributed by atoms with Crippen LogP contribution in [0, 0.1) is 20.8 Å². The molecule has 0 unspecified atom stereocenters. The van der Waals surface area contributed by atoms with E-state index in [1.165, 1.54) is 83.5 Å². The fourth-order valence-electron chi connectivity index (χ4n) is 17.3. The van der Waals surface area contributed by atoms with Crippen LogP contribution in [-0.2, 0) is 58.3 Å². The summed E-state index contributed by atoms with van der Waals surface area (Å²) in [5.41, 5.74) is 36.9. The monoisotopic (exact) mass is 1450 g/mol. The predicted octanol–water partition coefficient (Wildman–Crippen LogP) is 22.5. The van der Waals surface area contributed by atoms with E-state index < -0.39 is 17.0 Å². The van der Waals surface area contributed by atoms with Gasteiger partial charge in [0, 0.05) is 17.0 Å². The second kappa shape index (κ2) is 34.1. The minimum absolute atomic E-state index is 0. The van der Waals surface area contributed by atoms with E-state index >= 15 is 0 Å². The molecule has 3 nitrogen and oxygen atoms in total. The van der Waals surface area contributed by atoms with Crippen molar-refractivity contribution >= 4 is 50.7 Å². The van der Waals surface area contributed by atoms with Gasteiger partial charge in [0.25, 0.3) is 0 Å². The third kappa shape index (κ3) is 14.8. The minimum atomic E-state index is -3.30. The zero-order valence-corrected chi connectivity index (χ0v) is 65.3. The predicted molar refractivity (Wildman–Crippen MR) is 462 cm³/mol. The Morgan fingerprint density at radius 3 is 0.870 bits per heavy atom. The highest BCUT2D eigenvalue weighted by Gasteiger charge is 2.49. The summed E-state index contributed by atoms with van der Waals surface area (Å²) in [7, 11) is -5.70. The first-order valence-corrected chi connectivity index (χ1v) is 42.0. The Balaban J connectivity index is 0.000000122. The molecule has 4 heterocycles. The average Bonchev–Trinajstić information content (AvgIpc) is 1.55. The largest absolute Gasteiger partial charge is 0.314 e. The molecule has 0 radical (unpaired) electrons. The van der Waals surface area contributed by atoms with E-state index in [0.717, 1.165) is 53.8 Å². The molecule has 0 saturated carbocycles. The lowest BCUT2D eigenvalue weighted by atomic mass is 9.28. The van der Waals surface area contributed by atoms with Crippen LogP contribution in [0.3, 0.4) is 0 Å². The van der Waals surface area contributed by atoms with Crippen molar-refractivity contribution in [3.63, 3.8) is 0 Å². The van der Waals surface area contributed by atoms with Crippen LogP contribution < -0.4 is 27.0 Å². The number of fused-ring (bicyclic) bond motifs is 14. The molecule has 108 heavy (non-hydrogen) atoms. The summed E-state index contributed by atoms with van der Waals surface area (Å²) in [5, 5.41) is 1.83. The van der Waals surface area contributed by atoms with Crippen LogP contribution in [0.1, 0.15) is 155 Å². The summed E-state index contributed by atoms with van der Waals surface area (Å²) in [6, 6.07) is 114. The third-order valence-corrected chi connectivity index (χ3v) is 26.0. The average molecular weight is 1450 g/mol. The molecule has 6 heteroatoms. The molecule has 0 N–H and O–H groups in total. The van der Waals surface area contributed by atoms with Crippen LogP contribution in [0.5, 0.6) is 0 Å². The van der Waals surface area contributed by atoms with E-state index in [-0.39, 0.29) is 12.8 Å². The van der Waals surface area contributed by atoms with Crippen LogP contribution in [-0.4, -0.2) is 21.8 Å². The van der Waals surface area contributed by atoms with Crippen LogP contribution in [0.25, 0.3) is 22.3 Å². The van der Waals surface area contributed by atoms with Gasteiger partial charge in [0.15, 0.2) is 0 Å². The minimum Gasteiger partial charge on any atom is -0.314 e. The zero-order chi connectivity index (χ0) is 74.8. The summed E-state index contributed by atoms with van der Waals surface area (Å²) in [6.07, 6.45) is 6.15. The molecular formula is C102H100BO3PS. The lowest BCUT2D eigenvalue weighted by Crippen LogP contribution is -2.64. The molecule has 4 aliphatic heterocycles. The number of rotatable bonds is 2. The van der Waals surface area contributed by atoms with Crippen molar-refractivity contribution in [3.8, 4) is 22.3 Å². The molecule has 14 aromatic carbocycles. The molecule has 0 aromatic heterocycles. The molecule has 0 fully saturated rings. The van der Waals surface area contributed by atoms with Crippen LogP contribution in [0.4, 0.5) is 0 Å². The topological polar surface area (TPSA) is 51.2 Å². The zero-order valence-electron chi connectivity index (χ0n) is 63.6. The molecule has 3 aliphatic carbocycles. The van der Waals surface area contributed by atoms with E-state index in [2.05, 4.69) is 239 Å². The van der Waals surface area contributed by atoms with Crippen LogP contribution in [0.15, 0.2) is 337 Å². The first-order chi connectivity index (χ1) is 52.3. The van der Waals surface area contributed by atoms with Crippen molar-refractivity contribution in [2.75, 3.05) is 6.66 Å². The van der Waals surface area contributed by atoms with Gasteiger partial charge >= 0.3 is 0 Å². The Bertz CT molecular complexity index is 5210. The molecular weight excluding hydrogens is 1350 g/mol. The van der Waals surface area contributed by atoms with E-state index in [0.29, 0.717) is 22.9 Å². The van der Waals surface area contributed by atoms with Gasteiger partial charge in [-0.1, -0.05) is 397 Å². The Hall–Kier alpha value is -10.7. The molecule has 0 saturated heterocycles. The van der Waals surface area contributed by atoms with Gasteiger partial charge in [0.2, 0.25) is 16.6 Å². The van der Waals surface area contributed by atoms with Crippen molar-refractivity contribution in [1.82, 2.24) is 0 Å². The normalized spacial score (nSPS) is 13.2. The first-order valence-electron chi connectivity index (χ1n) is 38.3.